The third-order valence-electron chi connectivity index (χ3n) is 3.89. The van der Waals surface area contributed by atoms with Crippen LogP contribution in [0.5, 0.6) is 0 Å². The highest BCUT2D eigenvalue weighted by molar-refractivity contribution is 9.10. The Morgan fingerprint density at radius 1 is 0.926 bits per heavy atom. The van der Waals surface area contributed by atoms with E-state index in [4.69, 9.17) is 0 Å². The Kier molecular flexibility index (Phi) is 5.62. The zero-order valence-corrected chi connectivity index (χ0v) is 16.8. The van der Waals surface area contributed by atoms with Crippen molar-refractivity contribution in [3.8, 4) is 0 Å². The Labute approximate surface area is 166 Å². The number of amides is 1. The quantitative estimate of drug-likeness (QED) is 0.592. The SMILES string of the molecule is Cc1cc(C(=O)Nc2ccc(Br)cc2)ccc1NS(=O)(=O)c1ccccc1. The van der Waals surface area contributed by atoms with E-state index in [1.54, 1.807) is 55.5 Å². The minimum Gasteiger partial charge on any atom is -0.322 e. The van der Waals surface area contributed by atoms with Crippen LogP contribution in [-0.4, -0.2) is 14.3 Å². The normalized spacial score (nSPS) is 11.0. The number of aryl methyl sites for hydroxylation is 1. The number of carbonyl (C=O) groups excluding carboxylic acids is 1. The monoisotopic (exact) mass is 444 g/mol. The Hall–Kier alpha value is -2.64. The maximum absolute atomic E-state index is 12.4. The van der Waals surface area contributed by atoms with Gasteiger partial charge in [0.25, 0.3) is 15.9 Å². The summed E-state index contributed by atoms with van der Waals surface area (Å²) in [5.74, 6) is -0.266. The lowest BCUT2D eigenvalue weighted by Gasteiger charge is -2.12. The number of anilines is 2. The fourth-order valence-electron chi connectivity index (χ4n) is 2.46. The first-order valence-electron chi connectivity index (χ1n) is 8.10. The predicted octanol–water partition coefficient (Wildman–Crippen LogP) is 4.81. The molecule has 0 aliphatic rings. The van der Waals surface area contributed by atoms with Gasteiger partial charge in [-0.3, -0.25) is 9.52 Å². The molecule has 0 aromatic heterocycles. The highest BCUT2D eigenvalue weighted by Crippen LogP contribution is 2.22. The summed E-state index contributed by atoms with van der Waals surface area (Å²) in [4.78, 5) is 12.6. The molecule has 0 saturated carbocycles. The summed E-state index contributed by atoms with van der Waals surface area (Å²) in [5.41, 5.74) is 2.20. The van der Waals surface area contributed by atoms with Crippen LogP contribution >= 0.6 is 15.9 Å². The van der Waals surface area contributed by atoms with E-state index < -0.39 is 10.0 Å². The maximum Gasteiger partial charge on any atom is 0.261 e. The third-order valence-corrected chi connectivity index (χ3v) is 5.80. The number of benzene rings is 3. The van der Waals surface area contributed by atoms with E-state index in [1.165, 1.54) is 12.1 Å². The van der Waals surface area contributed by atoms with Crippen LogP contribution in [0, 0.1) is 6.92 Å². The first-order chi connectivity index (χ1) is 12.8. The Morgan fingerprint density at radius 2 is 1.59 bits per heavy atom. The van der Waals surface area contributed by atoms with Crippen LogP contribution in [0.3, 0.4) is 0 Å². The number of carbonyl (C=O) groups is 1. The minimum atomic E-state index is -3.68. The molecule has 0 fully saturated rings. The first-order valence-corrected chi connectivity index (χ1v) is 10.4. The molecule has 0 saturated heterocycles. The summed E-state index contributed by atoms with van der Waals surface area (Å²) in [7, 11) is -3.68. The standard InChI is InChI=1S/C20H17BrN2O3S/c1-14-13-15(20(24)22-17-10-8-16(21)9-11-17)7-12-19(14)23-27(25,26)18-5-3-2-4-6-18/h2-13,23H,1H3,(H,22,24). The minimum absolute atomic E-state index is 0.182. The fraction of sp³-hybridized carbons (Fsp3) is 0.0500. The fourth-order valence-corrected chi connectivity index (χ4v) is 3.88. The number of rotatable bonds is 5. The van der Waals surface area contributed by atoms with Crippen molar-refractivity contribution >= 4 is 43.2 Å². The molecule has 0 spiro atoms. The number of hydrogen-bond donors (Lipinski definition) is 2. The Balaban J connectivity index is 1.77. The van der Waals surface area contributed by atoms with Gasteiger partial charge in [-0.2, -0.15) is 0 Å². The van der Waals surface area contributed by atoms with E-state index in [0.29, 0.717) is 22.5 Å². The van der Waals surface area contributed by atoms with Gasteiger partial charge >= 0.3 is 0 Å². The van der Waals surface area contributed by atoms with Crippen LogP contribution in [-0.2, 0) is 10.0 Å². The van der Waals surface area contributed by atoms with Gasteiger partial charge in [-0.15, -0.1) is 0 Å². The van der Waals surface area contributed by atoms with Crippen molar-refractivity contribution in [2.24, 2.45) is 0 Å². The van der Waals surface area contributed by atoms with Crippen LogP contribution in [0.2, 0.25) is 0 Å². The van der Waals surface area contributed by atoms with Crippen molar-refractivity contribution in [1.82, 2.24) is 0 Å². The Morgan fingerprint density at radius 3 is 2.22 bits per heavy atom. The van der Waals surface area contributed by atoms with E-state index in [2.05, 4.69) is 26.0 Å². The average Bonchev–Trinajstić information content (AvgIpc) is 2.66. The van der Waals surface area contributed by atoms with Gasteiger partial charge in [0, 0.05) is 15.7 Å². The largest absolute Gasteiger partial charge is 0.322 e. The van der Waals surface area contributed by atoms with Crippen molar-refractivity contribution in [2.75, 3.05) is 10.0 Å². The lowest BCUT2D eigenvalue weighted by molar-refractivity contribution is 0.102. The van der Waals surface area contributed by atoms with Gasteiger partial charge in [0.05, 0.1) is 10.6 Å². The molecule has 0 unspecified atom stereocenters. The molecule has 3 aromatic carbocycles. The van der Waals surface area contributed by atoms with Gasteiger partial charge < -0.3 is 5.32 Å². The average molecular weight is 445 g/mol. The van der Waals surface area contributed by atoms with Crippen molar-refractivity contribution < 1.29 is 13.2 Å². The summed E-state index contributed by atoms with van der Waals surface area (Å²) in [6.07, 6.45) is 0. The summed E-state index contributed by atoms with van der Waals surface area (Å²) in [6.45, 7) is 1.75. The third kappa shape index (κ3) is 4.75. The van der Waals surface area contributed by atoms with Crippen molar-refractivity contribution in [1.29, 1.82) is 0 Å². The van der Waals surface area contributed by atoms with Crippen molar-refractivity contribution in [3.63, 3.8) is 0 Å². The summed E-state index contributed by atoms with van der Waals surface area (Å²) < 4.78 is 28.4. The van der Waals surface area contributed by atoms with Crippen LogP contribution < -0.4 is 10.0 Å². The molecule has 5 nitrogen and oxygen atoms in total. The zero-order valence-electron chi connectivity index (χ0n) is 14.4. The molecule has 138 valence electrons. The molecule has 0 aliphatic carbocycles. The molecule has 2 N–H and O–H groups in total. The summed E-state index contributed by atoms with van der Waals surface area (Å²) in [5, 5.41) is 2.81. The van der Waals surface area contributed by atoms with Crippen LogP contribution in [0.1, 0.15) is 15.9 Å². The van der Waals surface area contributed by atoms with Crippen LogP contribution in [0.25, 0.3) is 0 Å². The van der Waals surface area contributed by atoms with Crippen LogP contribution in [0.15, 0.2) is 82.2 Å². The zero-order chi connectivity index (χ0) is 19.4. The lowest BCUT2D eigenvalue weighted by atomic mass is 10.1. The summed E-state index contributed by atoms with van der Waals surface area (Å²) >= 11 is 3.35. The van der Waals surface area contributed by atoms with Gasteiger partial charge in [-0.25, -0.2) is 8.42 Å². The van der Waals surface area contributed by atoms with E-state index >= 15 is 0 Å². The molecular formula is C20H17BrN2O3S. The molecule has 7 heteroatoms. The second kappa shape index (κ2) is 7.94. The Bertz CT molecular complexity index is 1070. The highest BCUT2D eigenvalue weighted by atomic mass is 79.9. The molecule has 3 rings (SSSR count). The van der Waals surface area contributed by atoms with Crippen LogP contribution in [0.4, 0.5) is 11.4 Å². The van der Waals surface area contributed by atoms with E-state index in [-0.39, 0.29) is 10.8 Å². The molecule has 0 atom stereocenters. The second-order valence-corrected chi connectivity index (χ2v) is 8.51. The number of sulfonamides is 1. The van der Waals surface area contributed by atoms with Gasteiger partial charge in [-0.05, 0) is 67.1 Å². The summed E-state index contributed by atoms with van der Waals surface area (Å²) in [6, 6.07) is 20.2. The number of nitrogens with one attached hydrogen (secondary N) is 2. The van der Waals surface area contributed by atoms with Gasteiger partial charge in [-0.1, -0.05) is 34.1 Å². The van der Waals surface area contributed by atoms with Gasteiger partial charge in [0.2, 0.25) is 0 Å². The predicted molar refractivity (Wildman–Crippen MR) is 111 cm³/mol. The molecular weight excluding hydrogens is 428 g/mol. The van der Waals surface area contributed by atoms with E-state index in [1.807, 2.05) is 12.1 Å². The van der Waals surface area contributed by atoms with Crippen molar-refractivity contribution in [2.45, 2.75) is 11.8 Å². The first kappa shape index (κ1) is 19.1. The van der Waals surface area contributed by atoms with Gasteiger partial charge in [0.1, 0.15) is 0 Å². The molecule has 1 amide bonds. The lowest BCUT2D eigenvalue weighted by Crippen LogP contribution is -2.15. The maximum atomic E-state index is 12.4. The molecule has 0 bridgehead atoms. The number of hydrogen-bond acceptors (Lipinski definition) is 3. The smallest absolute Gasteiger partial charge is 0.261 e. The second-order valence-electron chi connectivity index (χ2n) is 5.91. The van der Waals surface area contributed by atoms with E-state index in [0.717, 1.165) is 4.47 Å². The topological polar surface area (TPSA) is 75.3 Å². The van der Waals surface area contributed by atoms with Gasteiger partial charge in [0.15, 0.2) is 0 Å². The molecule has 0 aliphatic heterocycles. The molecule has 0 radical (unpaired) electrons. The van der Waals surface area contributed by atoms with Crippen molar-refractivity contribution in [3.05, 3.63) is 88.4 Å². The van der Waals surface area contributed by atoms with E-state index in [9.17, 15) is 13.2 Å². The number of halogens is 1. The molecule has 0 heterocycles. The highest BCUT2D eigenvalue weighted by Gasteiger charge is 2.16. The molecule has 3 aromatic rings. The molecule has 27 heavy (non-hydrogen) atoms.